The van der Waals surface area contributed by atoms with Crippen LogP contribution in [0.4, 0.5) is 13.2 Å². The Bertz CT molecular complexity index is 831. The van der Waals surface area contributed by atoms with E-state index in [4.69, 9.17) is 0 Å². The molecule has 0 unspecified atom stereocenters. The van der Waals surface area contributed by atoms with Crippen LogP contribution >= 0.6 is 0 Å². The predicted octanol–water partition coefficient (Wildman–Crippen LogP) is 2.68. The number of carbonyl (C=O) groups excluding carboxylic acids is 1. The van der Waals surface area contributed by atoms with Crippen LogP contribution in [-0.2, 0) is 6.54 Å². The Balaban J connectivity index is 1.70. The average Bonchev–Trinajstić information content (AvgIpc) is 3.02. The summed E-state index contributed by atoms with van der Waals surface area (Å²) in [4.78, 5) is 14.2. The molecule has 152 valence electrons. The molecule has 1 amide bonds. The molecular weight excluding hydrogens is 375 g/mol. The van der Waals surface area contributed by atoms with Crippen molar-refractivity contribution < 1.29 is 22.7 Å². The minimum atomic E-state index is -4.76. The number of aromatic nitrogens is 3. The standard InChI is InChI=1S/C18H22F3N5O2/c1-12-16(23-24-26(12)14-6-8-22-9-7-14)17(27)25(2)11-13-4-3-5-15(10-13)28-18(19,20)21/h3-5,10,14,22H,6-9,11H2,1-2H3. The van der Waals surface area contributed by atoms with Crippen LogP contribution in [0, 0.1) is 6.92 Å². The molecule has 0 radical (unpaired) electrons. The van der Waals surface area contributed by atoms with Gasteiger partial charge >= 0.3 is 6.36 Å². The minimum absolute atomic E-state index is 0.119. The molecule has 10 heteroatoms. The molecule has 2 heterocycles. The number of benzene rings is 1. The number of alkyl halides is 3. The first kappa shape index (κ1) is 20.1. The fraction of sp³-hybridized carbons (Fsp3) is 0.500. The predicted molar refractivity (Wildman–Crippen MR) is 94.8 cm³/mol. The number of hydrogen-bond acceptors (Lipinski definition) is 5. The zero-order chi connectivity index (χ0) is 20.3. The molecule has 28 heavy (non-hydrogen) atoms. The van der Waals surface area contributed by atoms with Crippen molar-refractivity contribution in [3.05, 3.63) is 41.2 Å². The van der Waals surface area contributed by atoms with Crippen LogP contribution in [0.15, 0.2) is 24.3 Å². The van der Waals surface area contributed by atoms with Crippen molar-refractivity contribution in [1.82, 2.24) is 25.2 Å². The molecule has 1 saturated heterocycles. The number of halogens is 3. The molecule has 1 aromatic heterocycles. The van der Waals surface area contributed by atoms with Gasteiger partial charge in [0.1, 0.15) is 5.75 Å². The quantitative estimate of drug-likeness (QED) is 0.840. The lowest BCUT2D eigenvalue weighted by Crippen LogP contribution is -2.30. The molecule has 1 aliphatic heterocycles. The van der Waals surface area contributed by atoms with Gasteiger partial charge in [-0.25, -0.2) is 4.68 Å². The maximum Gasteiger partial charge on any atom is 0.573 e. The highest BCUT2D eigenvalue weighted by atomic mass is 19.4. The summed E-state index contributed by atoms with van der Waals surface area (Å²) in [6.45, 7) is 3.71. The van der Waals surface area contributed by atoms with Gasteiger partial charge in [-0.3, -0.25) is 4.79 Å². The number of nitrogens with zero attached hydrogens (tertiary/aromatic N) is 4. The Hall–Kier alpha value is -2.62. The largest absolute Gasteiger partial charge is 0.573 e. The third kappa shape index (κ3) is 4.80. The van der Waals surface area contributed by atoms with Crippen LogP contribution in [0.1, 0.15) is 40.6 Å². The van der Waals surface area contributed by atoms with Gasteiger partial charge in [-0.15, -0.1) is 18.3 Å². The van der Waals surface area contributed by atoms with Gasteiger partial charge < -0.3 is 15.0 Å². The Morgan fingerprint density at radius 1 is 1.36 bits per heavy atom. The van der Waals surface area contributed by atoms with Crippen molar-refractivity contribution in [3.63, 3.8) is 0 Å². The summed E-state index contributed by atoms with van der Waals surface area (Å²) >= 11 is 0. The summed E-state index contributed by atoms with van der Waals surface area (Å²) in [5.41, 5.74) is 1.46. The molecule has 3 rings (SSSR count). The SMILES string of the molecule is Cc1c(C(=O)N(C)Cc2cccc(OC(F)(F)F)c2)nnn1C1CCNCC1. The molecule has 1 N–H and O–H groups in total. The lowest BCUT2D eigenvalue weighted by Gasteiger charge is -2.23. The van der Waals surface area contributed by atoms with Crippen LogP contribution in [0.5, 0.6) is 5.75 Å². The second kappa shape index (κ2) is 8.17. The molecule has 7 nitrogen and oxygen atoms in total. The summed E-state index contributed by atoms with van der Waals surface area (Å²) in [5.74, 6) is -0.654. The van der Waals surface area contributed by atoms with E-state index in [-0.39, 0.29) is 29.9 Å². The maximum absolute atomic E-state index is 12.8. The number of hydrogen-bond donors (Lipinski definition) is 1. The first-order valence-corrected chi connectivity index (χ1v) is 8.97. The third-order valence-electron chi connectivity index (χ3n) is 4.68. The number of piperidine rings is 1. The maximum atomic E-state index is 12.8. The van der Waals surface area contributed by atoms with E-state index >= 15 is 0 Å². The lowest BCUT2D eigenvalue weighted by atomic mass is 10.1. The van der Waals surface area contributed by atoms with Gasteiger partial charge in [-0.1, -0.05) is 17.3 Å². The van der Waals surface area contributed by atoms with E-state index in [1.165, 1.54) is 23.1 Å². The topological polar surface area (TPSA) is 72.3 Å². The molecule has 0 saturated carbocycles. The lowest BCUT2D eigenvalue weighted by molar-refractivity contribution is -0.274. The van der Waals surface area contributed by atoms with Gasteiger partial charge in [0.2, 0.25) is 0 Å². The second-order valence-corrected chi connectivity index (χ2v) is 6.81. The third-order valence-corrected chi connectivity index (χ3v) is 4.68. The Labute approximate surface area is 160 Å². The number of amides is 1. The molecule has 1 aliphatic rings. The fourth-order valence-corrected chi connectivity index (χ4v) is 3.30. The van der Waals surface area contributed by atoms with E-state index < -0.39 is 6.36 Å². The van der Waals surface area contributed by atoms with Gasteiger partial charge in [0, 0.05) is 13.6 Å². The van der Waals surface area contributed by atoms with E-state index in [2.05, 4.69) is 20.4 Å². The smallest absolute Gasteiger partial charge is 0.406 e. The molecule has 1 fully saturated rings. The zero-order valence-corrected chi connectivity index (χ0v) is 15.7. The molecule has 0 atom stereocenters. The number of ether oxygens (including phenoxy) is 1. The highest BCUT2D eigenvalue weighted by Gasteiger charge is 2.31. The van der Waals surface area contributed by atoms with E-state index in [0.29, 0.717) is 11.3 Å². The van der Waals surface area contributed by atoms with E-state index in [1.807, 2.05) is 0 Å². The van der Waals surface area contributed by atoms with Crippen LogP contribution in [-0.4, -0.2) is 52.3 Å². The summed E-state index contributed by atoms with van der Waals surface area (Å²) in [5, 5.41) is 11.5. The molecule has 0 aliphatic carbocycles. The van der Waals surface area contributed by atoms with Crippen LogP contribution in [0.25, 0.3) is 0 Å². The van der Waals surface area contributed by atoms with Crippen LogP contribution in [0.3, 0.4) is 0 Å². The number of rotatable bonds is 5. The first-order chi connectivity index (χ1) is 13.2. The summed E-state index contributed by atoms with van der Waals surface area (Å²) in [6.07, 6.45) is -2.93. The normalized spacial score (nSPS) is 15.5. The fourth-order valence-electron chi connectivity index (χ4n) is 3.30. The van der Waals surface area contributed by atoms with Gasteiger partial charge in [-0.2, -0.15) is 0 Å². The molecule has 1 aromatic carbocycles. The Kier molecular flexibility index (Phi) is 5.87. The van der Waals surface area contributed by atoms with Crippen LogP contribution < -0.4 is 10.1 Å². The van der Waals surface area contributed by atoms with Crippen molar-refractivity contribution in [3.8, 4) is 5.75 Å². The molecule has 2 aromatic rings. The molecule has 0 bridgehead atoms. The first-order valence-electron chi connectivity index (χ1n) is 8.97. The zero-order valence-electron chi connectivity index (χ0n) is 15.7. The van der Waals surface area contributed by atoms with Crippen molar-refractivity contribution in [1.29, 1.82) is 0 Å². The molecule has 0 spiro atoms. The van der Waals surface area contributed by atoms with Gasteiger partial charge in [0.05, 0.1) is 11.7 Å². The molecular formula is C18H22F3N5O2. The monoisotopic (exact) mass is 397 g/mol. The number of carbonyl (C=O) groups is 1. The van der Waals surface area contributed by atoms with Crippen molar-refractivity contribution >= 4 is 5.91 Å². The van der Waals surface area contributed by atoms with E-state index in [1.54, 1.807) is 24.7 Å². The average molecular weight is 397 g/mol. The van der Waals surface area contributed by atoms with Gasteiger partial charge in [-0.05, 0) is 50.6 Å². The van der Waals surface area contributed by atoms with Crippen molar-refractivity contribution in [2.24, 2.45) is 0 Å². The van der Waals surface area contributed by atoms with Gasteiger partial charge in [0.15, 0.2) is 5.69 Å². The Morgan fingerprint density at radius 2 is 2.07 bits per heavy atom. The van der Waals surface area contributed by atoms with E-state index in [0.717, 1.165) is 25.9 Å². The van der Waals surface area contributed by atoms with E-state index in [9.17, 15) is 18.0 Å². The van der Waals surface area contributed by atoms with Crippen LogP contribution in [0.2, 0.25) is 0 Å². The highest BCUT2D eigenvalue weighted by Crippen LogP contribution is 2.24. The summed E-state index contributed by atoms with van der Waals surface area (Å²) in [6, 6.07) is 5.76. The Morgan fingerprint density at radius 3 is 2.75 bits per heavy atom. The van der Waals surface area contributed by atoms with Crippen molar-refractivity contribution in [2.45, 2.75) is 38.7 Å². The summed E-state index contributed by atoms with van der Waals surface area (Å²) < 4.78 is 42.8. The minimum Gasteiger partial charge on any atom is -0.406 e. The second-order valence-electron chi connectivity index (χ2n) is 6.81. The highest BCUT2D eigenvalue weighted by molar-refractivity contribution is 5.93. The van der Waals surface area contributed by atoms with Crippen molar-refractivity contribution in [2.75, 3.05) is 20.1 Å². The number of nitrogens with one attached hydrogen (secondary N) is 1. The summed E-state index contributed by atoms with van der Waals surface area (Å²) in [7, 11) is 1.57. The van der Waals surface area contributed by atoms with Gasteiger partial charge in [0.25, 0.3) is 5.91 Å².